The lowest BCUT2D eigenvalue weighted by Gasteiger charge is -2.30. The lowest BCUT2D eigenvalue weighted by Crippen LogP contribution is -2.23. The molecule has 136 valence electrons. The largest absolute Gasteiger partial charge is 0.488 e. The second kappa shape index (κ2) is 5.16. The van der Waals surface area contributed by atoms with Gasteiger partial charge in [0, 0.05) is 16.4 Å². The number of ether oxygens (including phenoxy) is 1. The highest BCUT2D eigenvalue weighted by molar-refractivity contribution is 6.09. The molecule has 1 aliphatic carbocycles. The third kappa shape index (κ3) is 2.07. The number of allylic oxidation sites excluding steroid dienone is 1. The molecular formula is C23H17F3O. The first-order valence-electron chi connectivity index (χ1n) is 8.91. The van der Waals surface area contributed by atoms with Gasteiger partial charge < -0.3 is 4.74 Å². The molecule has 0 unspecified atom stereocenters. The van der Waals surface area contributed by atoms with E-state index in [2.05, 4.69) is 0 Å². The van der Waals surface area contributed by atoms with Crippen LogP contribution in [0.25, 0.3) is 27.5 Å². The van der Waals surface area contributed by atoms with Crippen molar-refractivity contribution in [1.29, 1.82) is 0 Å². The van der Waals surface area contributed by atoms with Gasteiger partial charge in [-0.1, -0.05) is 62.4 Å². The van der Waals surface area contributed by atoms with Crippen LogP contribution >= 0.6 is 0 Å². The van der Waals surface area contributed by atoms with Crippen LogP contribution in [0.15, 0.2) is 54.6 Å². The van der Waals surface area contributed by atoms with Gasteiger partial charge in [-0.3, -0.25) is 0 Å². The quantitative estimate of drug-likeness (QED) is 0.442. The molecule has 0 spiro atoms. The van der Waals surface area contributed by atoms with Crippen LogP contribution in [0, 0.1) is 0 Å². The van der Waals surface area contributed by atoms with Crippen molar-refractivity contribution in [1.82, 2.24) is 0 Å². The van der Waals surface area contributed by atoms with Gasteiger partial charge in [0.05, 0.1) is 5.57 Å². The lowest BCUT2D eigenvalue weighted by molar-refractivity contribution is -0.0697. The molecule has 1 nitrogen and oxygen atoms in total. The Labute approximate surface area is 155 Å². The molecule has 0 amide bonds. The maximum Gasteiger partial charge on any atom is 0.416 e. The summed E-state index contributed by atoms with van der Waals surface area (Å²) < 4.78 is 47.6. The highest BCUT2D eigenvalue weighted by Gasteiger charge is 2.46. The Morgan fingerprint density at radius 1 is 0.889 bits per heavy atom. The number of halogens is 3. The van der Waals surface area contributed by atoms with Gasteiger partial charge in [0.2, 0.25) is 0 Å². The van der Waals surface area contributed by atoms with Gasteiger partial charge in [0.25, 0.3) is 0 Å². The number of rotatable bonds is 0. The first kappa shape index (κ1) is 16.4. The third-order valence-electron chi connectivity index (χ3n) is 5.75. The highest BCUT2D eigenvalue weighted by Crippen LogP contribution is 2.58. The van der Waals surface area contributed by atoms with Gasteiger partial charge in [0.1, 0.15) is 12.4 Å². The van der Waals surface area contributed by atoms with Crippen LogP contribution in [0.2, 0.25) is 0 Å². The molecule has 0 N–H and O–H groups in total. The van der Waals surface area contributed by atoms with E-state index in [-0.39, 0.29) is 12.2 Å². The minimum atomic E-state index is -4.43. The van der Waals surface area contributed by atoms with Gasteiger partial charge in [-0.05, 0) is 33.7 Å². The van der Waals surface area contributed by atoms with E-state index >= 15 is 0 Å². The fourth-order valence-corrected chi connectivity index (χ4v) is 4.67. The molecule has 4 heteroatoms. The molecule has 0 fully saturated rings. The van der Waals surface area contributed by atoms with E-state index in [9.17, 15) is 13.2 Å². The zero-order chi connectivity index (χ0) is 19.0. The van der Waals surface area contributed by atoms with Crippen LogP contribution in [0.4, 0.5) is 13.2 Å². The van der Waals surface area contributed by atoms with Crippen LogP contribution in [-0.2, 0) is 5.41 Å². The molecule has 0 atom stereocenters. The van der Waals surface area contributed by atoms with Crippen LogP contribution in [-0.4, -0.2) is 12.8 Å². The van der Waals surface area contributed by atoms with Crippen molar-refractivity contribution in [2.75, 3.05) is 6.61 Å². The summed E-state index contributed by atoms with van der Waals surface area (Å²) in [5.74, 6) is 0.347. The van der Waals surface area contributed by atoms with E-state index in [1.807, 2.05) is 62.4 Å². The van der Waals surface area contributed by atoms with Crippen molar-refractivity contribution in [3.63, 3.8) is 0 Å². The summed E-state index contributed by atoms with van der Waals surface area (Å²) in [4.78, 5) is 0. The normalized spacial score (nSPS) is 17.0. The number of hydrogen-bond donors (Lipinski definition) is 0. The highest BCUT2D eigenvalue weighted by atomic mass is 19.4. The predicted octanol–water partition coefficient (Wildman–Crippen LogP) is 6.48. The van der Waals surface area contributed by atoms with Crippen LogP contribution in [0.3, 0.4) is 0 Å². The number of alkyl halides is 3. The first-order chi connectivity index (χ1) is 12.8. The molecule has 0 bridgehead atoms. The van der Waals surface area contributed by atoms with Crippen LogP contribution < -0.4 is 4.74 Å². The van der Waals surface area contributed by atoms with Gasteiger partial charge in [-0.2, -0.15) is 13.2 Å². The Bertz CT molecular complexity index is 1140. The molecule has 3 aromatic rings. The molecule has 5 rings (SSSR count). The van der Waals surface area contributed by atoms with Gasteiger partial charge in [-0.25, -0.2) is 0 Å². The van der Waals surface area contributed by atoms with E-state index in [1.54, 1.807) is 0 Å². The van der Waals surface area contributed by atoms with E-state index in [4.69, 9.17) is 4.74 Å². The van der Waals surface area contributed by atoms with Crippen molar-refractivity contribution in [2.45, 2.75) is 25.4 Å². The maximum atomic E-state index is 13.9. The van der Waals surface area contributed by atoms with Crippen molar-refractivity contribution in [3.8, 4) is 16.9 Å². The van der Waals surface area contributed by atoms with E-state index in [0.717, 1.165) is 33.5 Å². The van der Waals surface area contributed by atoms with Crippen molar-refractivity contribution in [2.24, 2.45) is 0 Å². The fourth-order valence-electron chi connectivity index (χ4n) is 4.67. The summed E-state index contributed by atoms with van der Waals surface area (Å²) in [7, 11) is 0. The molecular weight excluding hydrogens is 349 g/mol. The zero-order valence-corrected chi connectivity index (χ0v) is 14.9. The Morgan fingerprint density at radius 3 is 2.30 bits per heavy atom. The summed E-state index contributed by atoms with van der Waals surface area (Å²) in [6, 6.07) is 15.5. The molecule has 3 aromatic carbocycles. The molecule has 2 aliphatic rings. The summed E-state index contributed by atoms with van der Waals surface area (Å²) in [6.07, 6.45) is -3.27. The summed E-state index contributed by atoms with van der Waals surface area (Å²) in [5.41, 5.74) is 2.71. The first-order valence-corrected chi connectivity index (χ1v) is 8.91. The fraction of sp³-hybridized carbons (Fsp3) is 0.217. The third-order valence-corrected chi connectivity index (χ3v) is 5.75. The molecule has 0 saturated carbocycles. The average Bonchev–Trinajstić information content (AvgIpc) is 2.89. The number of hydrogen-bond acceptors (Lipinski definition) is 1. The Kier molecular flexibility index (Phi) is 3.14. The van der Waals surface area contributed by atoms with Crippen LogP contribution in [0.1, 0.15) is 30.5 Å². The molecule has 1 heterocycles. The van der Waals surface area contributed by atoms with E-state index < -0.39 is 17.2 Å². The van der Waals surface area contributed by atoms with Crippen molar-refractivity contribution in [3.05, 3.63) is 71.3 Å². The van der Waals surface area contributed by atoms with Gasteiger partial charge in [0.15, 0.2) is 0 Å². The second-order valence-corrected chi connectivity index (χ2v) is 7.60. The smallest absolute Gasteiger partial charge is 0.416 e. The standard InChI is InChI=1S/C23H17F3O/c1-22(2)16-10-6-5-9-15(16)18-13-7-3-4-8-14(13)21-19(20(18)22)17(11-12-27-21)23(24,25)26/h3-11H,12H2,1-2H3. The Hall–Kier alpha value is -2.75. The van der Waals surface area contributed by atoms with Crippen molar-refractivity contribution >= 4 is 16.3 Å². The number of fused-ring (bicyclic) bond motifs is 8. The van der Waals surface area contributed by atoms with E-state index in [1.165, 1.54) is 0 Å². The van der Waals surface area contributed by atoms with Gasteiger partial charge in [-0.15, -0.1) is 0 Å². The topological polar surface area (TPSA) is 9.23 Å². The Morgan fingerprint density at radius 2 is 1.56 bits per heavy atom. The summed E-state index contributed by atoms with van der Waals surface area (Å²) >= 11 is 0. The molecule has 1 aliphatic heterocycles. The average molecular weight is 366 g/mol. The summed E-state index contributed by atoms with van der Waals surface area (Å²) in [5, 5.41) is 1.67. The SMILES string of the molecule is CC1(C)c2ccccc2-c2c1c1c(c3ccccc23)OCC=C1C(F)(F)F. The molecule has 27 heavy (non-hydrogen) atoms. The minimum absolute atomic E-state index is 0.0714. The van der Waals surface area contributed by atoms with Crippen molar-refractivity contribution < 1.29 is 17.9 Å². The van der Waals surface area contributed by atoms with Crippen LogP contribution in [0.5, 0.6) is 5.75 Å². The predicted molar refractivity (Wildman–Crippen MR) is 101 cm³/mol. The number of benzene rings is 3. The lowest BCUT2D eigenvalue weighted by atomic mass is 9.77. The molecule has 0 aromatic heterocycles. The zero-order valence-electron chi connectivity index (χ0n) is 14.9. The summed E-state index contributed by atoms with van der Waals surface area (Å²) in [6.45, 7) is 3.92. The minimum Gasteiger partial charge on any atom is -0.488 e. The maximum absolute atomic E-state index is 13.9. The Balaban J connectivity index is 2.03. The molecule has 0 saturated heterocycles. The molecule has 0 radical (unpaired) electrons. The van der Waals surface area contributed by atoms with E-state index in [0.29, 0.717) is 11.3 Å². The second-order valence-electron chi connectivity index (χ2n) is 7.60. The monoisotopic (exact) mass is 366 g/mol. The van der Waals surface area contributed by atoms with Gasteiger partial charge >= 0.3 is 6.18 Å².